The quantitative estimate of drug-likeness (QED) is 0.378. The fourth-order valence-corrected chi connectivity index (χ4v) is 5.21. The molecule has 1 atom stereocenters. The Bertz CT molecular complexity index is 646. The summed E-state index contributed by atoms with van der Waals surface area (Å²) in [5.41, 5.74) is 2.68. The van der Waals surface area contributed by atoms with Crippen molar-refractivity contribution < 1.29 is 4.74 Å². The standard InChI is InChI=1S/C27H38O/c1-4-23(5-2)24-15-17-26(18-16-24)25-13-9-21(10-14-25)7-8-22-11-19-27(20-12-22)28-6-3/h4,9-10,13-14,22-24,26-27H,1,5-6,11-12,15-20H2,2-3H3/t22-,23?,24-,26-,27-. The summed E-state index contributed by atoms with van der Waals surface area (Å²) in [4.78, 5) is 0. The topological polar surface area (TPSA) is 9.23 Å². The molecule has 0 aliphatic heterocycles. The number of ether oxygens (including phenoxy) is 1. The highest BCUT2D eigenvalue weighted by Crippen LogP contribution is 2.39. The highest BCUT2D eigenvalue weighted by Gasteiger charge is 2.26. The Morgan fingerprint density at radius 2 is 1.68 bits per heavy atom. The number of hydrogen-bond acceptors (Lipinski definition) is 1. The zero-order valence-electron chi connectivity index (χ0n) is 18.0. The van der Waals surface area contributed by atoms with E-state index in [1.165, 1.54) is 68.9 Å². The molecule has 0 spiro atoms. The van der Waals surface area contributed by atoms with Crippen molar-refractivity contribution in [1.29, 1.82) is 0 Å². The van der Waals surface area contributed by atoms with Gasteiger partial charge in [-0.3, -0.25) is 0 Å². The Balaban J connectivity index is 1.49. The predicted molar refractivity (Wildman–Crippen MR) is 119 cm³/mol. The molecule has 28 heavy (non-hydrogen) atoms. The van der Waals surface area contributed by atoms with Gasteiger partial charge in [-0.1, -0.05) is 37.0 Å². The molecule has 0 bridgehead atoms. The molecule has 2 saturated carbocycles. The second-order valence-corrected chi connectivity index (χ2v) is 8.74. The summed E-state index contributed by atoms with van der Waals surface area (Å²) >= 11 is 0. The normalized spacial score (nSPS) is 28.8. The molecule has 0 amide bonds. The lowest BCUT2D eigenvalue weighted by atomic mass is 9.73. The van der Waals surface area contributed by atoms with Gasteiger partial charge in [0.05, 0.1) is 6.10 Å². The van der Waals surface area contributed by atoms with E-state index in [2.05, 4.69) is 62.6 Å². The first kappa shape index (κ1) is 21.2. The van der Waals surface area contributed by atoms with E-state index in [1.54, 1.807) is 0 Å². The molecule has 2 aliphatic carbocycles. The van der Waals surface area contributed by atoms with Crippen molar-refractivity contribution in [3.63, 3.8) is 0 Å². The van der Waals surface area contributed by atoms with E-state index in [0.29, 0.717) is 17.9 Å². The van der Waals surface area contributed by atoms with Crippen molar-refractivity contribution in [2.75, 3.05) is 6.61 Å². The number of allylic oxidation sites excluding steroid dienone is 1. The highest BCUT2D eigenvalue weighted by molar-refractivity contribution is 5.37. The molecule has 1 unspecified atom stereocenters. The van der Waals surface area contributed by atoms with E-state index >= 15 is 0 Å². The smallest absolute Gasteiger partial charge is 0.0575 e. The van der Waals surface area contributed by atoms with Crippen molar-refractivity contribution in [3.8, 4) is 11.8 Å². The van der Waals surface area contributed by atoms with Crippen molar-refractivity contribution in [3.05, 3.63) is 48.0 Å². The SMILES string of the molecule is C=CC(CC)[C@H]1CC[C@H](c2ccc(C#C[C@H]3CC[C@H](OCC)CC3)cc2)CC1. The molecule has 2 aliphatic rings. The van der Waals surface area contributed by atoms with E-state index < -0.39 is 0 Å². The fraction of sp³-hybridized carbons (Fsp3) is 0.630. The molecule has 2 fully saturated rings. The minimum Gasteiger partial charge on any atom is -0.379 e. The van der Waals surface area contributed by atoms with E-state index in [9.17, 15) is 0 Å². The summed E-state index contributed by atoms with van der Waals surface area (Å²) in [5.74, 6) is 9.78. The summed E-state index contributed by atoms with van der Waals surface area (Å²) in [5, 5.41) is 0. The second kappa shape index (κ2) is 10.9. The van der Waals surface area contributed by atoms with Crippen LogP contribution in [0.4, 0.5) is 0 Å². The molecule has 152 valence electrons. The van der Waals surface area contributed by atoms with Crippen molar-refractivity contribution >= 4 is 0 Å². The summed E-state index contributed by atoms with van der Waals surface area (Å²) in [6, 6.07) is 9.12. The van der Waals surface area contributed by atoms with Gasteiger partial charge in [0.15, 0.2) is 0 Å². The monoisotopic (exact) mass is 378 g/mol. The van der Waals surface area contributed by atoms with Crippen LogP contribution in [0.15, 0.2) is 36.9 Å². The molecule has 3 rings (SSSR count). The van der Waals surface area contributed by atoms with Crippen molar-refractivity contribution in [1.82, 2.24) is 0 Å². The third kappa shape index (κ3) is 5.74. The molecule has 0 aromatic heterocycles. The Labute approximate surface area is 173 Å². The molecule has 1 aromatic carbocycles. The molecular formula is C27H38O. The maximum atomic E-state index is 5.74. The van der Waals surface area contributed by atoms with Crippen LogP contribution in [0.25, 0.3) is 0 Å². The lowest BCUT2D eigenvalue weighted by Gasteiger charge is -2.32. The first-order valence-electron chi connectivity index (χ1n) is 11.6. The minimum atomic E-state index is 0.469. The maximum absolute atomic E-state index is 5.74. The van der Waals surface area contributed by atoms with Crippen LogP contribution in [-0.2, 0) is 4.74 Å². The highest BCUT2D eigenvalue weighted by atomic mass is 16.5. The molecule has 1 nitrogen and oxygen atoms in total. The van der Waals surface area contributed by atoms with Crippen LogP contribution in [0.1, 0.15) is 88.7 Å². The Morgan fingerprint density at radius 3 is 2.25 bits per heavy atom. The van der Waals surface area contributed by atoms with Crippen LogP contribution in [0, 0.1) is 29.6 Å². The van der Waals surface area contributed by atoms with Gasteiger partial charge in [0.2, 0.25) is 0 Å². The van der Waals surface area contributed by atoms with Gasteiger partial charge in [0, 0.05) is 18.1 Å². The molecule has 0 heterocycles. The largest absolute Gasteiger partial charge is 0.379 e. The van der Waals surface area contributed by atoms with Gasteiger partial charge in [-0.15, -0.1) is 6.58 Å². The van der Waals surface area contributed by atoms with Crippen LogP contribution in [0.3, 0.4) is 0 Å². The number of hydrogen-bond donors (Lipinski definition) is 0. The number of rotatable bonds is 6. The van der Waals surface area contributed by atoms with Crippen LogP contribution >= 0.6 is 0 Å². The second-order valence-electron chi connectivity index (χ2n) is 8.74. The Morgan fingerprint density at radius 1 is 1.00 bits per heavy atom. The first-order valence-corrected chi connectivity index (χ1v) is 11.6. The van der Waals surface area contributed by atoms with E-state index in [4.69, 9.17) is 4.74 Å². The minimum absolute atomic E-state index is 0.469. The predicted octanol–water partition coefficient (Wildman–Crippen LogP) is 7.12. The fourth-order valence-electron chi connectivity index (χ4n) is 5.21. The molecule has 0 radical (unpaired) electrons. The molecule has 1 aromatic rings. The maximum Gasteiger partial charge on any atom is 0.0575 e. The zero-order valence-corrected chi connectivity index (χ0v) is 18.0. The summed E-state index contributed by atoms with van der Waals surface area (Å²) in [7, 11) is 0. The van der Waals surface area contributed by atoms with Gasteiger partial charge in [-0.2, -0.15) is 0 Å². The van der Waals surface area contributed by atoms with Gasteiger partial charge in [0.1, 0.15) is 0 Å². The average Bonchev–Trinajstić information content (AvgIpc) is 2.75. The van der Waals surface area contributed by atoms with E-state index in [0.717, 1.165) is 18.4 Å². The van der Waals surface area contributed by atoms with Crippen molar-refractivity contribution in [2.45, 2.75) is 83.7 Å². The molecule has 0 saturated heterocycles. The van der Waals surface area contributed by atoms with E-state index in [1.807, 2.05) is 0 Å². The first-order chi connectivity index (χ1) is 13.7. The molecule has 1 heteroatoms. The Hall–Kier alpha value is -1.52. The lowest BCUT2D eigenvalue weighted by molar-refractivity contribution is 0.0310. The molecule has 0 N–H and O–H groups in total. The van der Waals surface area contributed by atoms with E-state index in [-0.39, 0.29) is 0 Å². The Kier molecular flexibility index (Phi) is 8.23. The van der Waals surface area contributed by atoms with Crippen LogP contribution in [-0.4, -0.2) is 12.7 Å². The third-order valence-electron chi connectivity index (χ3n) is 7.03. The lowest BCUT2D eigenvalue weighted by Crippen LogP contribution is -2.20. The van der Waals surface area contributed by atoms with Gasteiger partial charge >= 0.3 is 0 Å². The number of benzene rings is 1. The van der Waals surface area contributed by atoms with Crippen LogP contribution in [0.2, 0.25) is 0 Å². The van der Waals surface area contributed by atoms with Crippen molar-refractivity contribution in [2.24, 2.45) is 17.8 Å². The van der Waals surface area contributed by atoms with Gasteiger partial charge in [-0.05, 0) is 100 Å². The van der Waals surface area contributed by atoms with Gasteiger partial charge in [-0.25, -0.2) is 0 Å². The van der Waals surface area contributed by atoms with Gasteiger partial charge in [0.25, 0.3) is 0 Å². The summed E-state index contributed by atoms with van der Waals surface area (Å²) in [6.07, 6.45) is 13.9. The zero-order chi connectivity index (χ0) is 19.8. The van der Waals surface area contributed by atoms with Crippen LogP contribution < -0.4 is 0 Å². The van der Waals surface area contributed by atoms with Crippen LogP contribution in [0.5, 0.6) is 0 Å². The summed E-state index contributed by atoms with van der Waals surface area (Å²) in [6.45, 7) is 9.26. The summed E-state index contributed by atoms with van der Waals surface area (Å²) < 4.78 is 5.74. The third-order valence-corrected chi connectivity index (χ3v) is 7.03. The van der Waals surface area contributed by atoms with Gasteiger partial charge < -0.3 is 4.74 Å². The average molecular weight is 379 g/mol. The molecular weight excluding hydrogens is 340 g/mol.